The zero-order chi connectivity index (χ0) is 54.2. The highest BCUT2D eigenvalue weighted by atomic mass is 31.2. The number of carbonyl (C=O) groups excluding carboxylic acids is 2. The third-order valence-corrected chi connectivity index (χ3v) is 13.2. The number of quaternary nitrogens is 1. The van der Waals surface area contributed by atoms with Gasteiger partial charge in [-0.3, -0.25) is 14.2 Å². The minimum Gasteiger partial charge on any atom is -0.756 e. The van der Waals surface area contributed by atoms with Gasteiger partial charge in [-0.2, -0.15) is 0 Å². The number of carbonyl (C=O) groups is 2. The topological polar surface area (TPSA) is 111 Å². The molecule has 0 aliphatic heterocycles. The largest absolute Gasteiger partial charge is 0.756 e. The maximum absolute atomic E-state index is 12.8. The van der Waals surface area contributed by atoms with Crippen molar-refractivity contribution in [3.63, 3.8) is 0 Å². The highest BCUT2D eigenvalue weighted by Crippen LogP contribution is 2.38. The van der Waals surface area contributed by atoms with Crippen molar-refractivity contribution in [3.8, 4) is 0 Å². The fourth-order valence-electron chi connectivity index (χ4n) is 7.72. The van der Waals surface area contributed by atoms with Gasteiger partial charge in [-0.25, -0.2) is 0 Å². The fraction of sp³-hybridized carbons (Fsp3) is 0.688. The van der Waals surface area contributed by atoms with Crippen LogP contribution in [-0.2, 0) is 32.7 Å². The molecule has 2 atom stereocenters. The summed E-state index contributed by atoms with van der Waals surface area (Å²) < 4.78 is 34.2. The number of likely N-dealkylation sites (N-methyl/N-ethyl adjacent to an activating group) is 1. The quantitative estimate of drug-likeness (QED) is 0.0195. The average molecular weight is 1050 g/mol. The second-order valence-electron chi connectivity index (χ2n) is 20.6. The number of unbranched alkanes of at least 4 members (excludes halogenated alkanes) is 21. The zero-order valence-corrected chi connectivity index (χ0v) is 48.9. The molecule has 0 radical (unpaired) electrons. The summed E-state index contributed by atoms with van der Waals surface area (Å²) in [4.78, 5) is 37.9. The van der Waals surface area contributed by atoms with Gasteiger partial charge in [-0.05, 0) is 103 Å². The Labute approximate surface area is 455 Å². The molecule has 9 nitrogen and oxygen atoms in total. The maximum atomic E-state index is 12.8. The second kappa shape index (κ2) is 54.5. The molecule has 424 valence electrons. The first kappa shape index (κ1) is 70.7. The molecule has 0 aromatic carbocycles. The average Bonchev–Trinajstić information content (AvgIpc) is 3.36. The molecule has 0 bridgehead atoms. The normalized spacial score (nSPS) is 14.1. The first-order valence-corrected chi connectivity index (χ1v) is 31.1. The number of nitrogens with zero attached hydrogens (tertiary/aromatic N) is 1. The number of phosphoric acid groups is 1. The minimum absolute atomic E-state index is 0.0395. The van der Waals surface area contributed by atoms with Gasteiger partial charge in [0.05, 0.1) is 27.7 Å². The highest BCUT2D eigenvalue weighted by molar-refractivity contribution is 7.45. The van der Waals surface area contributed by atoms with Crippen LogP contribution in [0.2, 0.25) is 0 Å². The van der Waals surface area contributed by atoms with Crippen LogP contribution in [0.4, 0.5) is 0 Å². The molecular formula is C64H110NO8P. The van der Waals surface area contributed by atoms with Crippen LogP contribution in [0.5, 0.6) is 0 Å². The minimum atomic E-state index is -4.65. The van der Waals surface area contributed by atoms with Gasteiger partial charge in [0.2, 0.25) is 0 Å². The lowest BCUT2D eigenvalue weighted by molar-refractivity contribution is -0.870. The molecule has 0 N–H and O–H groups in total. The number of rotatable bonds is 53. The van der Waals surface area contributed by atoms with Crippen LogP contribution in [0, 0.1) is 0 Å². The van der Waals surface area contributed by atoms with Crippen molar-refractivity contribution >= 4 is 19.8 Å². The summed E-state index contributed by atoms with van der Waals surface area (Å²) in [5.41, 5.74) is 0. The molecule has 0 saturated carbocycles. The molecule has 0 aromatic heterocycles. The number of phosphoric ester groups is 1. The predicted molar refractivity (Wildman–Crippen MR) is 314 cm³/mol. The lowest BCUT2D eigenvalue weighted by Gasteiger charge is -2.28. The summed E-state index contributed by atoms with van der Waals surface area (Å²) in [6, 6.07) is 0. The van der Waals surface area contributed by atoms with Crippen molar-refractivity contribution in [3.05, 3.63) is 109 Å². The van der Waals surface area contributed by atoms with Crippen LogP contribution < -0.4 is 4.89 Å². The Bertz CT molecular complexity index is 1620. The third-order valence-electron chi connectivity index (χ3n) is 12.3. The van der Waals surface area contributed by atoms with Gasteiger partial charge in [0.25, 0.3) is 7.82 Å². The smallest absolute Gasteiger partial charge is 0.306 e. The van der Waals surface area contributed by atoms with E-state index in [9.17, 15) is 19.0 Å². The third kappa shape index (κ3) is 57.9. The Kier molecular flexibility index (Phi) is 52.0. The van der Waals surface area contributed by atoms with Crippen molar-refractivity contribution in [2.75, 3.05) is 47.5 Å². The van der Waals surface area contributed by atoms with E-state index in [2.05, 4.69) is 123 Å². The van der Waals surface area contributed by atoms with E-state index < -0.39 is 32.5 Å². The Hall–Kier alpha value is -3.33. The van der Waals surface area contributed by atoms with E-state index in [0.29, 0.717) is 17.4 Å². The Balaban J connectivity index is 4.23. The van der Waals surface area contributed by atoms with Crippen molar-refractivity contribution < 1.29 is 42.1 Å². The molecule has 10 heteroatoms. The molecule has 74 heavy (non-hydrogen) atoms. The standard InChI is InChI=1S/C64H110NO8P/c1-6-8-10-12-14-16-18-20-22-24-26-28-29-30-31-32-33-34-35-37-39-41-43-45-47-49-51-53-55-57-64(67)73-62(61-72-74(68,69)71-59-58-65(3,4)5)60-70-63(66)56-54-52-50-48-46-44-42-40-38-36-27-25-23-21-19-17-15-13-11-9-7-2/h8,10,14,16,19-22,25-28,30-31,33-34,37,39,62H,6-7,9,11-13,15,17-18,23-24,29,32,35-36,38,40-61H2,1-5H3/b10-8-,16-14-,21-19-,22-20-,27-25-,28-26-,31-30-,34-33-,39-37-. The van der Waals surface area contributed by atoms with Crippen molar-refractivity contribution in [2.24, 2.45) is 0 Å². The van der Waals surface area contributed by atoms with E-state index >= 15 is 0 Å². The molecule has 0 saturated heterocycles. The molecule has 0 heterocycles. The van der Waals surface area contributed by atoms with Crippen LogP contribution in [-0.4, -0.2) is 70.0 Å². The Morgan fingerprint density at radius 3 is 1.15 bits per heavy atom. The fourth-order valence-corrected chi connectivity index (χ4v) is 8.45. The molecule has 0 aliphatic carbocycles. The van der Waals surface area contributed by atoms with E-state index in [-0.39, 0.29) is 26.1 Å². The molecule has 0 spiro atoms. The van der Waals surface area contributed by atoms with Crippen LogP contribution in [0.3, 0.4) is 0 Å². The van der Waals surface area contributed by atoms with Crippen LogP contribution in [0.25, 0.3) is 0 Å². The summed E-state index contributed by atoms with van der Waals surface area (Å²) in [5, 5.41) is 0. The first-order chi connectivity index (χ1) is 36.0. The molecular weight excluding hydrogens is 942 g/mol. The van der Waals surface area contributed by atoms with E-state index in [0.717, 1.165) is 109 Å². The van der Waals surface area contributed by atoms with Gasteiger partial charge in [0, 0.05) is 12.8 Å². The number of allylic oxidation sites excluding steroid dienone is 18. The predicted octanol–water partition coefficient (Wildman–Crippen LogP) is 18.0. The van der Waals surface area contributed by atoms with Gasteiger partial charge in [-0.15, -0.1) is 0 Å². The van der Waals surface area contributed by atoms with Gasteiger partial charge >= 0.3 is 11.9 Å². The van der Waals surface area contributed by atoms with Crippen LogP contribution >= 0.6 is 7.82 Å². The monoisotopic (exact) mass is 1050 g/mol. The first-order valence-electron chi connectivity index (χ1n) is 29.6. The molecule has 0 fully saturated rings. The van der Waals surface area contributed by atoms with Gasteiger partial charge < -0.3 is 27.9 Å². The number of esters is 2. The lowest BCUT2D eigenvalue weighted by atomic mass is 10.1. The Morgan fingerprint density at radius 1 is 0.432 bits per heavy atom. The summed E-state index contributed by atoms with van der Waals surface area (Å²) in [5.74, 6) is -0.855. The van der Waals surface area contributed by atoms with E-state index in [1.807, 2.05) is 21.1 Å². The second-order valence-corrected chi connectivity index (χ2v) is 22.0. The van der Waals surface area contributed by atoms with Crippen molar-refractivity contribution in [1.82, 2.24) is 0 Å². The molecule has 0 amide bonds. The molecule has 0 rings (SSSR count). The van der Waals surface area contributed by atoms with E-state index in [1.54, 1.807) is 0 Å². The summed E-state index contributed by atoms with van der Waals surface area (Å²) in [6.07, 6.45) is 75.5. The Morgan fingerprint density at radius 2 is 0.770 bits per heavy atom. The van der Waals surface area contributed by atoms with Crippen LogP contribution in [0.1, 0.15) is 232 Å². The highest BCUT2D eigenvalue weighted by Gasteiger charge is 2.21. The van der Waals surface area contributed by atoms with Gasteiger partial charge in [0.15, 0.2) is 6.10 Å². The lowest BCUT2D eigenvalue weighted by Crippen LogP contribution is -2.37. The summed E-state index contributed by atoms with van der Waals surface area (Å²) in [6.45, 7) is 4.09. The maximum Gasteiger partial charge on any atom is 0.306 e. The summed E-state index contributed by atoms with van der Waals surface area (Å²) in [7, 11) is 1.14. The van der Waals surface area contributed by atoms with Crippen molar-refractivity contribution in [1.29, 1.82) is 0 Å². The van der Waals surface area contributed by atoms with E-state index in [4.69, 9.17) is 18.5 Å². The molecule has 0 aliphatic rings. The number of ether oxygens (including phenoxy) is 2. The van der Waals surface area contributed by atoms with Crippen molar-refractivity contribution in [2.45, 2.75) is 238 Å². The van der Waals surface area contributed by atoms with Crippen LogP contribution in [0.15, 0.2) is 109 Å². The molecule has 2 unspecified atom stereocenters. The molecule has 0 aromatic rings. The SMILES string of the molecule is CC/C=C\C/C=C\C/C=C\C/C=C\C/C=C\C/C=C\C/C=C\CCCCCCCCCC(=O)OC(COC(=O)CCCCCCCCCCC/C=C\C/C=C\CCCCCCC)COP(=O)([O-])OCC[N+](C)(C)C. The number of hydrogen-bond acceptors (Lipinski definition) is 8. The number of hydrogen-bond donors (Lipinski definition) is 0. The van der Waals surface area contributed by atoms with Gasteiger partial charge in [0.1, 0.15) is 19.8 Å². The zero-order valence-electron chi connectivity index (χ0n) is 48.0. The van der Waals surface area contributed by atoms with Gasteiger partial charge in [-0.1, -0.05) is 226 Å². The summed E-state index contributed by atoms with van der Waals surface area (Å²) >= 11 is 0. The van der Waals surface area contributed by atoms with E-state index in [1.165, 1.54) is 89.9 Å².